The summed E-state index contributed by atoms with van der Waals surface area (Å²) in [5, 5.41) is 18.8. The average Bonchev–Trinajstić information content (AvgIpc) is 3.01. The topological polar surface area (TPSA) is 120 Å². The molecule has 0 bridgehead atoms. The Morgan fingerprint density at radius 3 is 2.24 bits per heavy atom. The van der Waals surface area contributed by atoms with E-state index < -0.39 is 18.1 Å². The van der Waals surface area contributed by atoms with Crippen LogP contribution >= 0.6 is 0 Å². The predicted molar refractivity (Wildman–Crippen MR) is 165 cm³/mol. The molecule has 4 rings (SSSR count). The van der Waals surface area contributed by atoms with Crippen molar-refractivity contribution in [3.8, 4) is 11.1 Å². The lowest BCUT2D eigenvalue weighted by molar-refractivity contribution is -0.138. The summed E-state index contributed by atoms with van der Waals surface area (Å²) in [6, 6.07) is 21.8. The first kappa shape index (κ1) is 30.8. The third kappa shape index (κ3) is 10.0. The molecule has 1 fully saturated rings. The number of hydrogen-bond donors (Lipinski definition) is 4. The molecule has 0 saturated heterocycles. The van der Waals surface area contributed by atoms with Crippen molar-refractivity contribution in [3.63, 3.8) is 0 Å². The Morgan fingerprint density at radius 1 is 0.833 bits per heavy atom. The number of benzene rings is 2. The highest BCUT2D eigenvalue weighted by Crippen LogP contribution is 2.28. The molecule has 0 aliphatic heterocycles. The van der Waals surface area contributed by atoms with Gasteiger partial charge in [-0.1, -0.05) is 92.8 Å². The Bertz CT molecular complexity index is 1260. The van der Waals surface area contributed by atoms with Crippen molar-refractivity contribution in [1.82, 2.24) is 15.6 Å². The number of carbonyl (C=O) groups excluding carboxylic acids is 2. The van der Waals surface area contributed by atoms with Crippen LogP contribution in [0.15, 0.2) is 79.0 Å². The van der Waals surface area contributed by atoms with Gasteiger partial charge in [0.15, 0.2) is 0 Å². The number of amides is 2. The molecule has 1 unspecified atom stereocenters. The number of unbranched alkanes of at least 4 members (excludes halogenated alkanes) is 1. The van der Waals surface area contributed by atoms with Crippen molar-refractivity contribution in [3.05, 3.63) is 84.6 Å². The van der Waals surface area contributed by atoms with Crippen LogP contribution in [0.4, 0.5) is 5.82 Å². The maximum Gasteiger partial charge on any atom is 0.305 e. The summed E-state index contributed by atoms with van der Waals surface area (Å²) in [4.78, 5) is 42.5. The lowest BCUT2D eigenvalue weighted by Gasteiger charge is -2.28. The molecule has 42 heavy (non-hydrogen) atoms. The first-order valence-electron chi connectivity index (χ1n) is 15.1. The second-order valence-electron chi connectivity index (χ2n) is 11.1. The minimum atomic E-state index is -1.00. The zero-order chi connectivity index (χ0) is 29.6. The summed E-state index contributed by atoms with van der Waals surface area (Å²) in [5.74, 6) is -0.327. The zero-order valence-electron chi connectivity index (χ0n) is 24.1. The summed E-state index contributed by atoms with van der Waals surface area (Å²) in [7, 11) is 0. The molecular weight excluding hydrogens is 528 g/mol. The number of pyridine rings is 1. The molecule has 1 aromatic heterocycles. The fraction of sp³-hybridized carbons (Fsp3) is 0.412. The molecule has 2 atom stereocenters. The Balaban J connectivity index is 1.37. The highest BCUT2D eigenvalue weighted by Gasteiger charge is 2.28. The molecule has 1 saturated carbocycles. The summed E-state index contributed by atoms with van der Waals surface area (Å²) in [5.41, 5.74) is 2.79. The van der Waals surface area contributed by atoms with Gasteiger partial charge >= 0.3 is 5.97 Å². The van der Waals surface area contributed by atoms with E-state index in [9.17, 15) is 19.5 Å². The lowest BCUT2D eigenvalue weighted by Crippen LogP contribution is -2.49. The van der Waals surface area contributed by atoms with Gasteiger partial charge in [-0.2, -0.15) is 0 Å². The van der Waals surface area contributed by atoms with Gasteiger partial charge in [-0.3, -0.25) is 14.4 Å². The summed E-state index contributed by atoms with van der Waals surface area (Å²) < 4.78 is 0. The van der Waals surface area contributed by atoms with Gasteiger partial charge in [0.1, 0.15) is 11.9 Å². The van der Waals surface area contributed by atoms with Gasteiger partial charge in [0, 0.05) is 19.2 Å². The molecule has 4 N–H and O–H groups in total. The quantitative estimate of drug-likeness (QED) is 0.164. The Kier molecular flexibility index (Phi) is 11.9. The largest absolute Gasteiger partial charge is 0.481 e. The molecule has 1 aliphatic rings. The van der Waals surface area contributed by atoms with Crippen LogP contribution in [0.25, 0.3) is 11.1 Å². The fourth-order valence-electron chi connectivity index (χ4n) is 5.59. The van der Waals surface area contributed by atoms with E-state index in [0.717, 1.165) is 49.0 Å². The number of aromatic nitrogens is 1. The minimum Gasteiger partial charge on any atom is -0.481 e. The van der Waals surface area contributed by atoms with E-state index in [1.807, 2.05) is 72.8 Å². The molecule has 0 spiro atoms. The Morgan fingerprint density at radius 2 is 1.55 bits per heavy atom. The highest BCUT2D eigenvalue weighted by molar-refractivity contribution is 5.88. The molecule has 3 aromatic rings. The van der Waals surface area contributed by atoms with Crippen LogP contribution < -0.4 is 16.0 Å². The van der Waals surface area contributed by atoms with E-state index in [0.29, 0.717) is 37.3 Å². The number of hydrogen-bond acceptors (Lipinski definition) is 5. The molecule has 1 aliphatic carbocycles. The van der Waals surface area contributed by atoms with Crippen LogP contribution in [0.2, 0.25) is 0 Å². The number of rotatable bonds is 15. The van der Waals surface area contributed by atoms with Gasteiger partial charge in [0.05, 0.1) is 12.5 Å². The number of anilines is 1. The van der Waals surface area contributed by atoms with Gasteiger partial charge in [-0.25, -0.2) is 4.98 Å². The number of carboxylic acid groups (broad SMARTS) is 1. The highest BCUT2D eigenvalue weighted by atomic mass is 16.4. The van der Waals surface area contributed by atoms with Gasteiger partial charge in [0.2, 0.25) is 11.8 Å². The van der Waals surface area contributed by atoms with Crippen LogP contribution in [-0.4, -0.2) is 40.5 Å². The van der Waals surface area contributed by atoms with Crippen molar-refractivity contribution in [2.45, 2.75) is 76.3 Å². The lowest BCUT2D eigenvalue weighted by atomic mass is 9.84. The molecule has 8 nitrogen and oxygen atoms in total. The number of nitrogens with zero attached hydrogens (tertiary/aromatic N) is 1. The minimum absolute atomic E-state index is 0.161. The van der Waals surface area contributed by atoms with Crippen molar-refractivity contribution < 1.29 is 19.5 Å². The van der Waals surface area contributed by atoms with Crippen LogP contribution in [0.5, 0.6) is 0 Å². The van der Waals surface area contributed by atoms with E-state index >= 15 is 0 Å². The number of carbonyl (C=O) groups is 3. The van der Waals surface area contributed by atoms with Crippen LogP contribution in [0.1, 0.15) is 75.8 Å². The van der Waals surface area contributed by atoms with Crippen molar-refractivity contribution in [1.29, 1.82) is 0 Å². The van der Waals surface area contributed by atoms with Crippen LogP contribution in [-0.2, 0) is 14.4 Å². The zero-order valence-corrected chi connectivity index (χ0v) is 24.1. The molecule has 1 heterocycles. The molecule has 0 radical (unpaired) electrons. The van der Waals surface area contributed by atoms with Crippen molar-refractivity contribution in [2.24, 2.45) is 5.92 Å². The Hall–Kier alpha value is -4.20. The van der Waals surface area contributed by atoms with Crippen molar-refractivity contribution >= 4 is 23.6 Å². The summed E-state index contributed by atoms with van der Waals surface area (Å²) >= 11 is 0. The molecular formula is C34H42N4O4. The van der Waals surface area contributed by atoms with E-state index in [1.165, 1.54) is 6.42 Å². The second-order valence-corrected chi connectivity index (χ2v) is 11.1. The average molecular weight is 571 g/mol. The molecule has 222 valence electrons. The van der Waals surface area contributed by atoms with Crippen LogP contribution in [0.3, 0.4) is 0 Å². The van der Waals surface area contributed by atoms with E-state index in [-0.39, 0.29) is 18.2 Å². The van der Waals surface area contributed by atoms with E-state index in [4.69, 9.17) is 0 Å². The van der Waals surface area contributed by atoms with Gasteiger partial charge in [-0.05, 0) is 54.0 Å². The monoisotopic (exact) mass is 570 g/mol. The SMILES string of the molecule is O=C(O)CC(NC(=O)[C@H](CC1CCCCC1)NC(=O)CCCCNc1ccccn1)c1ccc(-c2ccccc2)cc1. The van der Waals surface area contributed by atoms with Gasteiger partial charge in [-0.15, -0.1) is 0 Å². The maximum atomic E-state index is 13.6. The van der Waals surface area contributed by atoms with Gasteiger partial charge in [0.25, 0.3) is 0 Å². The van der Waals surface area contributed by atoms with Gasteiger partial charge < -0.3 is 21.1 Å². The van der Waals surface area contributed by atoms with Crippen molar-refractivity contribution in [2.75, 3.05) is 11.9 Å². The number of nitrogens with one attached hydrogen (secondary N) is 3. The third-order valence-electron chi connectivity index (χ3n) is 7.86. The summed E-state index contributed by atoms with van der Waals surface area (Å²) in [6.45, 7) is 0.705. The molecule has 2 aromatic carbocycles. The summed E-state index contributed by atoms with van der Waals surface area (Å²) in [6.07, 6.45) is 9.38. The third-order valence-corrected chi connectivity index (χ3v) is 7.86. The number of aliphatic carboxylic acids is 1. The predicted octanol–water partition coefficient (Wildman–Crippen LogP) is 6.12. The maximum absolute atomic E-state index is 13.6. The van der Waals surface area contributed by atoms with E-state index in [2.05, 4.69) is 20.9 Å². The molecule has 8 heteroatoms. The standard InChI is InChI=1S/C34H42N4O4/c39-32(16-8-10-22-36-31-15-7-9-21-35-31)37-30(23-25-11-3-1-4-12-25)34(42)38-29(24-33(40)41)28-19-17-27(18-20-28)26-13-5-2-6-14-26/h2,5-7,9,13-15,17-21,25,29-30H,1,3-4,8,10-12,16,22-24H2,(H,35,36)(H,37,39)(H,38,42)(H,40,41)/t29?,30-/m0/s1. The number of carboxylic acids is 1. The Labute approximate surface area is 248 Å². The fourth-order valence-corrected chi connectivity index (χ4v) is 5.59. The first-order valence-corrected chi connectivity index (χ1v) is 15.1. The normalized spacial score (nSPS) is 14.9. The van der Waals surface area contributed by atoms with Crippen LogP contribution in [0, 0.1) is 5.92 Å². The first-order chi connectivity index (χ1) is 20.5. The second kappa shape index (κ2) is 16.3. The molecule has 2 amide bonds. The van der Waals surface area contributed by atoms with E-state index in [1.54, 1.807) is 6.20 Å². The smallest absolute Gasteiger partial charge is 0.305 e.